The van der Waals surface area contributed by atoms with Crippen LogP contribution in [0.25, 0.3) is 0 Å². The molecule has 2 aromatic carbocycles. The van der Waals surface area contributed by atoms with Crippen molar-refractivity contribution in [3.8, 4) is 5.75 Å². The predicted molar refractivity (Wildman–Crippen MR) is 81.8 cm³/mol. The number of hydrogen-bond donors (Lipinski definition) is 1. The van der Waals surface area contributed by atoms with Crippen LogP contribution in [0, 0.1) is 0 Å². The van der Waals surface area contributed by atoms with E-state index in [4.69, 9.17) is 11.6 Å². The van der Waals surface area contributed by atoms with Crippen LogP contribution in [0.3, 0.4) is 0 Å². The number of hydrogen-bond acceptors (Lipinski definition) is 3. The molecule has 0 aliphatic heterocycles. The fourth-order valence-electron chi connectivity index (χ4n) is 1.93. The lowest BCUT2D eigenvalue weighted by Gasteiger charge is -2.19. The average molecular weight is 290 g/mol. The van der Waals surface area contributed by atoms with Gasteiger partial charge in [0.15, 0.2) is 5.78 Å². The van der Waals surface area contributed by atoms with E-state index in [-0.39, 0.29) is 11.5 Å². The quantitative estimate of drug-likeness (QED) is 0.852. The molecule has 0 radical (unpaired) electrons. The fraction of sp³-hybridized carbons (Fsp3) is 0.188. The Balaban J connectivity index is 1.97. The largest absolute Gasteiger partial charge is 0.508 e. The zero-order chi connectivity index (χ0) is 14.5. The van der Waals surface area contributed by atoms with Crippen molar-refractivity contribution in [3.05, 3.63) is 59.1 Å². The van der Waals surface area contributed by atoms with Gasteiger partial charge in [-0.1, -0.05) is 23.7 Å². The minimum atomic E-state index is 0.0289. The molecule has 4 heteroatoms. The number of phenols is 1. The summed E-state index contributed by atoms with van der Waals surface area (Å²) >= 11 is 6.01. The van der Waals surface area contributed by atoms with E-state index in [1.165, 1.54) is 0 Å². The topological polar surface area (TPSA) is 40.5 Å². The third-order valence-corrected chi connectivity index (χ3v) is 3.47. The van der Waals surface area contributed by atoms with Gasteiger partial charge in [0.2, 0.25) is 0 Å². The summed E-state index contributed by atoms with van der Waals surface area (Å²) in [5, 5.41) is 9.74. The summed E-state index contributed by atoms with van der Waals surface area (Å²) < 4.78 is 0. The highest BCUT2D eigenvalue weighted by molar-refractivity contribution is 6.33. The maximum Gasteiger partial charge on any atom is 0.166 e. The first-order valence-electron chi connectivity index (χ1n) is 6.36. The van der Waals surface area contributed by atoms with Crippen molar-refractivity contribution < 1.29 is 9.90 Å². The molecule has 0 spiro atoms. The lowest BCUT2D eigenvalue weighted by atomic mass is 10.1. The molecule has 0 unspecified atom stereocenters. The molecule has 20 heavy (non-hydrogen) atoms. The van der Waals surface area contributed by atoms with Gasteiger partial charge in [-0.2, -0.15) is 0 Å². The molecule has 0 aliphatic carbocycles. The second-order valence-electron chi connectivity index (χ2n) is 4.59. The van der Waals surface area contributed by atoms with E-state index in [0.717, 1.165) is 5.69 Å². The Bertz CT molecular complexity index is 596. The second kappa shape index (κ2) is 6.44. The number of rotatable bonds is 5. The van der Waals surface area contributed by atoms with Gasteiger partial charge < -0.3 is 10.0 Å². The number of carbonyl (C=O) groups is 1. The molecule has 0 heterocycles. The van der Waals surface area contributed by atoms with E-state index < -0.39 is 0 Å². The van der Waals surface area contributed by atoms with Crippen LogP contribution >= 0.6 is 11.6 Å². The maximum atomic E-state index is 12.1. The number of ketones is 1. The standard InChI is InChI=1S/C16H16ClNO2/c1-18(12-6-8-13(19)9-7-12)11-10-16(20)14-4-2-3-5-15(14)17/h2-9,19H,10-11H2,1H3. The zero-order valence-corrected chi connectivity index (χ0v) is 12.0. The van der Waals surface area contributed by atoms with Gasteiger partial charge in [0.25, 0.3) is 0 Å². The number of nitrogens with zero attached hydrogens (tertiary/aromatic N) is 1. The smallest absolute Gasteiger partial charge is 0.166 e. The highest BCUT2D eigenvalue weighted by Crippen LogP contribution is 2.19. The molecular formula is C16H16ClNO2. The van der Waals surface area contributed by atoms with Crippen molar-refractivity contribution in [1.29, 1.82) is 0 Å². The molecule has 0 aromatic heterocycles. The van der Waals surface area contributed by atoms with Crippen LogP contribution in [-0.2, 0) is 0 Å². The first kappa shape index (κ1) is 14.4. The summed E-state index contributed by atoms with van der Waals surface area (Å²) in [7, 11) is 1.91. The van der Waals surface area contributed by atoms with Gasteiger partial charge in [-0.05, 0) is 36.4 Å². The Labute approximate surface area is 123 Å². The van der Waals surface area contributed by atoms with E-state index in [9.17, 15) is 9.90 Å². The molecular weight excluding hydrogens is 274 g/mol. The summed E-state index contributed by atoms with van der Waals surface area (Å²) in [6, 6.07) is 14.0. The summed E-state index contributed by atoms with van der Waals surface area (Å²) in [5.74, 6) is 0.260. The number of phenolic OH excluding ortho intramolecular Hbond substituents is 1. The van der Waals surface area contributed by atoms with Crippen molar-refractivity contribution in [1.82, 2.24) is 0 Å². The minimum Gasteiger partial charge on any atom is -0.508 e. The van der Waals surface area contributed by atoms with Crippen LogP contribution in [0.4, 0.5) is 5.69 Å². The summed E-state index contributed by atoms with van der Waals surface area (Å²) in [5.41, 5.74) is 1.52. The lowest BCUT2D eigenvalue weighted by molar-refractivity contribution is 0.0985. The Morgan fingerprint density at radius 2 is 1.80 bits per heavy atom. The van der Waals surface area contributed by atoms with Crippen molar-refractivity contribution in [3.63, 3.8) is 0 Å². The molecule has 2 rings (SSSR count). The van der Waals surface area contributed by atoms with Crippen molar-refractivity contribution >= 4 is 23.1 Å². The first-order chi connectivity index (χ1) is 9.58. The monoisotopic (exact) mass is 289 g/mol. The third-order valence-electron chi connectivity index (χ3n) is 3.14. The van der Waals surface area contributed by atoms with E-state index in [0.29, 0.717) is 23.6 Å². The van der Waals surface area contributed by atoms with E-state index >= 15 is 0 Å². The van der Waals surface area contributed by atoms with Crippen molar-refractivity contribution in [2.24, 2.45) is 0 Å². The molecule has 0 amide bonds. The second-order valence-corrected chi connectivity index (χ2v) is 5.00. The summed E-state index contributed by atoms with van der Waals surface area (Å²) in [4.78, 5) is 14.1. The number of benzene rings is 2. The van der Waals surface area contributed by atoms with Crippen LogP contribution in [-0.4, -0.2) is 24.5 Å². The predicted octanol–water partition coefficient (Wildman–Crippen LogP) is 3.75. The number of anilines is 1. The Morgan fingerprint density at radius 3 is 2.45 bits per heavy atom. The number of carbonyl (C=O) groups excluding carboxylic acids is 1. The Hall–Kier alpha value is -2.00. The molecule has 0 bridgehead atoms. The van der Waals surface area contributed by atoms with Gasteiger partial charge in [-0.25, -0.2) is 0 Å². The van der Waals surface area contributed by atoms with E-state index in [1.54, 1.807) is 24.3 Å². The fourth-order valence-corrected chi connectivity index (χ4v) is 2.17. The normalized spacial score (nSPS) is 10.3. The highest BCUT2D eigenvalue weighted by Gasteiger charge is 2.11. The van der Waals surface area contributed by atoms with Gasteiger partial charge in [0.05, 0.1) is 5.02 Å². The van der Waals surface area contributed by atoms with Crippen molar-refractivity contribution in [2.75, 3.05) is 18.5 Å². The van der Waals surface area contributed by atoms with Crippen LogP contribution in [0.2, 0.25) is 5.02 Å². The Kier molecular flexibility index (Phi) is 4.64. The van der Waals surface area contributed by atoms with Crippen LogP contribution in [0.15, 0.2) is 48.5 Å². The summed E-state index contributed by atoms with van der Waals surface area (Å²) in [6.07, 6.45) is 0.390. The minimum absolute atomic E-state index is 0.0289. The number of Topliss-reactive ketones (excluding diaryl/α,β-unsaturated/α-hetero) is 1. The highest BCUT2D eigenvalue weighted by atomic mass is 35.5. The van der Waals surface area contributed by atoms with Crippen LogP contribution < -0.4 is 4.90 Å². The molecule has 0 aliphatic rings. The maximum absolute atomic E-state index is 12.1. The summed E-state index contributed by atoms with van der Waals surface area (Å²) in [6.45, 7) is 0.592. The van der Waals surface area contributed by atoms with E-state index in [2.05, 4.69) is 0 Å². The van der Waals surface area contributed by atoms with Gasteiger partial charge in [0, 0.05) is 31.3 Å². The lowest BCUT2D eigenvalue weighted by Crippen LogP contribution is -2.21. The van der Waals surface area contributed by atoms with Gasteiger partial charge >= 0.3 is 0 Å². The van der Waals surface area contributed by atoms with Gasteiger partial charge in [-0.3, -0.25) is 4.79 Å². The van der Waals surface area contributed by atoms with Crippen molar-refractivity contribution in [2.45, 2.75) is 6.42 Å². The first-order valence-corrected chi connectivity index (χ1v) is 6.73. The molecule has 0 saturated heterocycles. The molecule has 1 N–H and O–H groups in total. The molecule has 0 saturated carbocycles. The van der Waals surface area contributed by atoms with Crippen LogP contribution in [0.5, 0.6) is 5.75 Å². The molecule has 2 aromatic rings. The molecule has 3 nitrogen and oxygen atoms in total. The van der Waals surface area contributed by atoms with Gasteiger partial charge in [-0.15, -0.1) is 0 Å². The van der Waals surface area contributed by atoms with Gasteiger partial charge in [0.1, 0.15) is 5.75 Å². The molecule has 104 valence electrons. The van der Waals surface area contributed by atoms with E-state index in [1.807, 2.05) is 36.2 Å². The number of aromatic hydroxyl groups is 1. The van der Waals surface area contributed by atoms with Crippen LogP contribution in [0.1, 0.15) is 16.8 Å². The Morgan fingerprint density at radius 1 is 1.15 bits per heavy atom. The SMILES string of the molecule is CN(CCC(=O)c1ccccc1Cl)c1ccc(O)cc1. The third kappa shape index (κ3) is 3.52. The zero-order valence-electron chi connectivity index (χ0n) is 11.2. The molecule has 0 fully saturated rings. The molecule has 0 atom stereocenters. The number of halogens is 1. The average Bonchev–Trinajstić information content (AvgIpc) is 2.45.